The van der Waals surface area contributed by atoms with E-state index >= 15 is 0 Å². The Kier molecular flexibility index (Phi) is 1.86. The van der Waals surface area contributed by atoms with Gasteiger partial charge in [-0.2, -0.15) is 0 Å². The molecular formula is C17H13NO. The molecule has 1 aromatic heterocycles. The third-order valence-corrected chi connectivity index (χ3v) is 4.21. The Labute approximate surface area is 111 Å². The highest BCUT2D eigenvalue weighted by Crippen LogP contribution is 2.41. The van der Waals surface area contributed by atoms with Crippen LogP contribution in [0.4, 0.5) is 0 Å². The van der Waals surface area contributed by atoms with Crippen LogP contribution in [0.1, 0.15) is 21.6 Å². The lowest BCUT2D eigenvalue weighted by atomic mass is 9.85. The van der Waals surface area contributed by atoms with Crippen molar-refractivity contribution >= 4 is 16.7 Å². The van der Waals surface area contributed by atoms with Crippen LogP contribution in [-0.4, -0.2) is 10.4 Å². The van der Waals surface area contributed by atoms with Crippen LogP contribution in [-0.2, 0) is 7.05 Å². The number of hydrogen-bond donors (Lipinski definition) is 0. The van der Waals surface area contributed by atoms with E-state index in [4.69, 9.17) is 0 Å². The van der Waals surface area contributed by atoms with Crippen LogP contribution in [0.15, 0.2) is 42.5 Å². The van der Waals surface area contributed by atoms with Crippen LogP contribution in [0.25, 0.3) is 22.0 Å². The van der Waals surface area contributed by atoms with Crippen LogP contribution in [0.2, 0.25) is 0 Å². The molecule has 0 saturated carbocycles. The maximum absolute atomic E-state index is 12.7. The third-order valence-electron chi connectivity index (χ3n) is 4.21. The minimum Gasteiger partial charge on any atom is -0.347 e. The van der Waals surface area contributed by atoms with Crippen molar-refractivity contribution in [3.8, 4) is 11.1 Å². The molecule has 0 amide bonds. The fourth-order valence-corrected chi connectivity index (χ4v) is 3.16. The largest absolute Gasteiger partial charge is 0.347 e. The second-order valence-corrected chi connectivity index (χ2v) is 5.09. The summed E-state index contributed by atoms with van der Waals surface area (Å²) in [5.74, 6) is 0.150. The van der Waals surface area contributed by atoms with Crippen LogP contribution in [0.3, 0.4) is 0 Å². The Hall–Kier alpha value is -2.35. The molecule has 0 unspecified atom stereocenters. The number of aromatic nitrogens is 1. The third kappa shape index (κ3) is 1.14. The Morgan fingerprint density at radius 1 is 0.895 bits per heavy atom. The molecule has 3 aromatic rings. The first-order valence-corrected chi connectivity index (χ1v) is 6.42. The normalized spacial score (nSPS) is 12.8. The van der Waals surface area contributed by atoms with Crippen molar-refractivity contribution < 1.29 is 4.79 Å². The van der Waals surface area contributed by atoms with E-state index in [1.165, 1.54) is 5.56 Å². The molecule has 2 nitrogen and oxygen atoms in total. The number of nitrogens with zero attached hydrogens (tertiary/aromatic N) is 1. The number of rotatable bonds is 0. The predicted octanol–water partition coefficient (Wildman–Crippen LogP) is 3.70. The fourth-order valence-electron chi connectivity index (χ4n) is 3.16. The van der Waals surface area contributed by atoms with Crippen molar-refractivity contribution in [2.75, 3.05) is 0 Å². The minimum atomic E-state index is 0.150. The maximum Gasteiger partial charge on any atom is 0.196 e. The molecule has 1 aliphatic rings. The molecule has 0 radical (unpaired) electrons. The zero-order valence-corrected chi connectivity index (χ0v) is 10.9. The molecule has 0 fully saturated rings. The van der Waals surface area contributed by atoms with Crippen molar-refractivity contribution in [1.82, 2.24) is 4.57 Å². The van der Waals surface area contributed by atoms with Crippen LogP contribution >= 0.6 is 0 Å². The van der Waals surface area contributed by atoms with Gasteiger partial charge in [0.1, 0.15) is 0 Å². The van der Waals surface area contributed by atoms with E-state index < -0.39 is 0 Å². The van der Waals surface area contributed by atoms with Crippen molar-refractivity contribution in [3.63, 3.8) is 0 Å². The number of ketones is 1. The Balaban J connectivity index is 2.30. The van der Waals surface area contributed by atoms with Gasteiger partial charge in [-0.1, -0.05) is 36.4 Å². The first-order chi connectivity index (χ1) is 9.20. The van der Waals surface area contributed by atoms with E-state index in [0.29, 0.717) is 0 Å². The van der Waals surface area contributed by atoms with Gasteiger partial charge in [-0.15, -0.1) is 0 Å². The van der Waals surface area contributed by atoms with Gasteiger partial charge in [0.25, 0.3) is 0 Å². The number of fused-ring (bicyclic) bond motifs is 2. The number of aryl methyl sites for hydroxylation is 1. The molecule has 4 rings (SSSR count). The first kappa shape index (κ1) is 10.6. The highest BCUT2D eigenvalue weighted by Gasteiger charge is 2.28. The zero-order chi connectivity index (χ0) is 13.1. The van der Waals surface area contributed by atoms with Crippen LogP contribution in [0.5, 0.6) is 0 Å². The predicted molar refractivity (Wildman–Crippen MR) is 76.5 cm³/mol. The van der Waals surface area contributed by atoms with Crippen LogP contribution in [0, 0.1) is 6.92 Å². The summed E-state index contributed by atoms with van der Waals surface area (Å²) in [5, 5.41) is 1.10. The van der Waals surface area contributed by atoms with Gasteiger partial charge >= 0.3 is 0 Å². The molecule has 2 aromatic carbocycles. The van der Waals surface area contributed by atoms with Crippen molar-refractivity contribution in [3.05, 3.63) is 59.3 Å². The lowest BCUT2D eigenvalue weighted by Gasteiger charge is -2.16. The van der Waals surface area contributed by atoms with Gasteiger partial charge in [0, 0.05) is 29.2 Å². The molecule has 0 atom stereocenters. The molecule has 2 heteroatoms. The molecular weight excluding hydrogens is 234 g/mol. The second kappa shape index (κ2) is 3.35. The summed E-state index contributed by atoms with van der Waals surface area (Å²) in [6.07, 6.45) is 0. The van der Waals surface area contributed by atoms with E-state index in [9.17, 15) is 4.79 Å². The highest BCUT2D eigenvalue weighted by atomic mass is 16.1. The summed E-state index contributed by atoms with van der Waals surface area (Å²) in [7, 11) is 2.02. The molecule has 19 heavy (non-hydrogen) atoms. The van der Waals surface area contributed by atoms with Gasteiger partial charge in [-0.25, -0.2) is 0 Å². The van der Waals surface area contributed by atoms with E-state index in [1.807, 2.05) is 38.2 Å². The van der Waals surface area contributed by atoms with Crippen molar-refractivity contribution in [1.29, 1.82) is 0 Å². The Bertz CT molecular complexity index is 855. The summed E-state index contributed by atoms with van der Waals surface area (Å²) >= 11 is 0. The SMILES string of the molecule is Cc1c2c3c(cccc3n1C)-c1ccccc1C2=O. The Morgan fingerprint density at radius 3 is 2.37 bits per heavy atom. The molecule has 0 spiro atoms. The molecule has 0 aliphatic heterocycles. The number of carbonyl (C=O) groups excluding carboxylic acids is 1. The topological polar surface area (TPSA) is 22.0 Å². The number of carbonyl (C=O) groups is 1. The van der Waals surface area contributed by atoms with E-state index in [1.54, 1.807) is 0 Å². The second-order valence-electron chi connectivity index (χ2n) is 5.09. The molecule has 1 aliphatic carbocycles. The van der Waals surface area contributed by atoms with Crippen molar-refractivity contribution in [2.24, 2.45) is 7.05 Å². The first-order valence-electron chi connectivity index (χ1n) is 6.42. The fraction of sp³-hybridized carbons (Fsp3) is 0.118. The molecule has 92 valence electrons. The highest BCUT2D eigenvalue weighted by molar-refractivity contribution is 6.26. The molecule has 0 bridgehead atoms. The summed E-state index contributed by atoms with van der Waals surface area (Å²) in [4.78, 5) is 12.7. The summed E-state index contributed by atoms with van der Waals surface area (Å²) in [6.45, 7) is 2.02. The van der Waals surface area contributed by atoms with E-state index in [0.717, 1.165) is 33.3 Å². The minimum absolute atomic E-state index is 0.150. The summed E-state index contributed by atoms with van der Waals surface area (Å²) in [5.41, 5.74) is 6.08. The van der Waals surface area contributed by atoms with E-state index in [2.05, 4.69) is 22.8 Å². The van der Waals surface area contributed by atoms with Gasteiger partial charge in [0.15, 0.2) is 5.78 Å². The van der Waals surface area contributed by atoms with Gasteiger partial charge in [-0.3, -0.25) is 4.79 Å². The maximum atomic E-state index is 12.7. The average Bonchev–Trinajstić information content (AvgIpc) is 2.70. The lowest BCUT2D eigenvalue weighted by molar-refractivity contribution is 0.103. The standard InChI is InChI=1S/C17H13NO/c1-10-15-16-12(8-5-9-14(16)18(10)2)11-6-3-4-7-13(11)17(15)19/h3-9H,1-2H3. The average molecular weight is 247 g/mol. The van der Waals surface area contributed by atoms with Gasteiger partial charge in [0.2, 0.25) is 0 Å². The lowest BCUT2D eigenvalue weighted by Crippen LogP contribution is -2.09. The van der Waals surface area contributed by atoms with E-state index in [-0.39, 0.29) is 5.78 Å². The molecule has 1 heterocycles. The smallest absolute Gasteiger partial charge is 0.196 e. The summed E-state index contributed by atoms with van der Waals surface area (Å²) in [6, 6.07) is 14.1. The molecule has 0 N–H and O–H groups in total. The number of hydrogen-bond acceptors (Lipinski definition) is 1. The zero-order valence-electron chi connectivity index (χ0n) is 10.9. The van der Waals surface area contributed by atoms with Crippen LogP contribution < -0.4 is 0 Å². The number of benzene rings is 2. The Morgan fingerprint density at radius 2 is 1.58 bits per heavy atom. The summed E-state index contributed by atoms with van der Waals surface area (Å²) < 4.78 is 2.11. The quantitative estimate of drug-likeness (QED) is 0.464. The van der Waals surface area contributed by atoms with Gasteiger partial charge in [-0.05, 0) is 24.1 Å². The van der Waals surface area contributed by atoms with Gasteiger partial charge in [0.05, 0.1) is 5.56 Å². The molecule has 0 saturated heterocycles. The van der Waals surface area contributed by atoms with Crippen molar-refractivity contribution in [2.45, 2.75) is 6.92 Å². The van der Waals surface area contributed by atoms with Gasteiger partial charge < -0.3 is 4.57 Å². The monoisotopic (exact) mass is 247 g/mol.